The number of benzene rings is 1. The smallest absolute Gasteiger partial charge is 0.338 e. The Bertz CT molecular complexity index is 496. The molecule has 4 heteroatoms. The molecule has 1 saturated carbocycles. The molecule has 18 heavy (non-hydrogen) atoms. The lowest BCUT2D eigenvalue weighted by molar-refractivity contribution is -0.117. The molecule has 0 heterocycles. The molecule has 96 valence electrons. The van der Waals surface area contributed by atoms with Crippen molar-refractivity contribution in [2.24, 2.45) is 11.8 Å². The van der Waals surface area contributed by atoms with Crippen LogP contribution in [0.2, 0.25) is 0 Å². The molecule has 0 aromatic heterocycles. The second-order valence-electron chi connectivity index (χ2n) is 4.78. The Morgan fingerprint density at radius 2 is 2.06 bits per heavy atom. The molecule has 1 aromatic carbocycles. The molecule has 0 spiro atoms. The number of hydrogen-bond donors (Lipinski definition) is 1. The molecule has 0 bridgehead atoms. The fourth-order valence-corrected chi connectivity index (χ4v) is 2.02. The number of carbonyl (C=O) groups excluding carboxylic acids is 2. The van der Waals surface area contributed by atoms with Gasteiger partial charge in [0.25, 0.3) is 0 Å². The first kappa shape index (κ1) is 12.6. The summed E-state index contributed by atoms with van der Waals surface area (Å²) in [5.74, 6) is 0.233. The van der Waals surface area contributed by atoms with E-state index in [2.05, 4.69) is 12.2 Å². The zero-order chi connectivity index (χ0) is 13.3. The van der Waals surface area contributed by atoms with E-state index in [0.29, 0.717) is 17.2 Å². The van der Waals surface area contributed by atoms with E-state index in [4.69, 9.17) is 4.74 Å². The highest BCUT2D eigenvalue weighted by molar-refractivity contribution is 5.98. The number of ether oxygens (including phenoxy) is 1. The molecule has 1 aliphatic carbocycles. The van der Waals surface area contributed by atoms with Crippen molar-refractivity contribution in [1.82, 2.24) is 0 Å². The number of methoxy groups -OCH3 is 1. The van der Waals surface area contributed by atoms with Gasteiger partial charge in [-0.25, -0.2) is 4.79 Å². The molecule has 1 fully saturated rings. The molecule has 1 aliphatic rings. The summed E-state index contributed by atoms with van der Waals surface area (Å²) in [7, 11) is 1.35. The van der Waals surface area contributed by atoms with Crippen LogP contribution in [0.1, 0.15) is 29.3 Å². The number of nitrogens with one attached hydrogen (secondary N) is 1. The van der Waals surface area contributed by atoms with Crippen molar-refractivity contribution in [2.45, 2.75) is 20.3 Å². The minimum Gasteiger partial charge on any atom is -0.465 e. The highest BCUT2D eigenvalue weighted by Crippen LogP contribution is 2.38. The molecular weight excluding hydrogens is 230 g/mol. The summed E-state index contributed by atoms with van der Waals surface area (Å²) in [4.78, 5) is 23.4. The number of rotatable bonds is 3. The summed E-state index contributed by atoms with van der Waals surface area (Å²) < 4.78 is 4.70. The molecule has 0 unspecified atom stereocenters. The van der Waals surface area contributed by atoms with Crippen LogP contribution in [0.3, 0.4) is 0 Å². The number of anilines is 1. The van der Waals surface area contributed by atoms with Gasteiger partial charge in [0.1, 0.15) is 0 Å². The number of amides is 1. The zero-order valence-electron chi connectivity index (χ0n) is 10.8. The zero-order valence-corrected chi connectivity index (χ0v) is 10.8. The van der Waals surface area contributed by atoms with Gasteiger partial charge in [-0.05, 0) is 37.0 Å². The second kappa shape index (κ2) is 4.80. The van der Waals surface area contributed by atoms with E-state index in [9.17, 15) is 9.59 Å². The van der Waals surface area contributed by atoms with Crippen LogP contribution in [0.15, 0.2) is 18.2 Å². The van der Waals surface area contributed by atoms with E-state index in [1.807, 2.05) is 0 Å². The van der Waals surface area contributed by atoms with Crippen molar-refractivity contribution in [1.29, 1.82) is 0 Å². The van der Waals surface area contributed by atoms with E-state index < -0.39 is 0 Å². The quantitative estimate of drug-likeness (QED) is 0.834. The first-order chi connectivity index (χ1) is 8.54. The van der Waals surface area contributed by atoms with Gasteiger partial charge in [-0.2, -0.15) is 0 Å². The van der Waals surface area contributed by atoms with Crippen molar-refractivity contribution < 1.29 is 14.3 Å². The summed E-state index contributed by atoms with van der Waals surface area (Å²) in [5, 5.41) is 2.88. The number of carbonyl (C=O) groups is 2. The Morgan fingerprint density at radius 3 is 2.61 bits per heavy atom. The highest BCUT2D eigenvalue weighted by atomic mass is 16.5. The highest BCUT2D eigenvalue weighted by Gasteiger charge is 2.39. The Hall–Kier alpha value is -1.84. The van der Waals surface area contributed by atoms with Gasteiger partial charge in [0, 0.05) is 11.6 Å². The normalized spacial score (nSPS) is 21.3. The fraction of sp³-hybridized carbons (Fsp3) is 0.429. The third-order valence-corrected chi connectivity index (χ3v) is 3.44. The SMILES string of the molecule is COC(=O)c1cccc(NC(=O)[C@@H]2C[C@H]2C)c1C. The maximum atomic E-state index is 11.9. The van der Waals surface area contributed by atoms with E-state index in [0.717, 1.165) is 12.0 Å². The van der Waals surface area contributed by atoms with Gasteiger partial charge in [-0.1, -0.05) is 13.0 Å². The molecule has 2 rings (SSSR count). The topological polar surface area (TPSA) is 55.4 Å². The first-order valence-electron chi connectivity index (χ1n) is 6.03. The Labute approximate surface area is 106 Å². The van der Waals surface area contributed by atoms with E-state index in [-0.39, 0.29) is 17.8 Å². The molecule has 0 radical (unpaired) electrons. The largest absolute Gasteiger partial charge is 0.465 e. The van der Waals surface area contributed by atoms with Gasteiger partial charge >= 0.3 is 5.97 Å². The number of esters is 1. The number of hydrogen-bond acceptors (Lipinski definition) is 3. The van der Waals surface area contributed by atoms with Gasteiger partial charge in [-0.3, -0.25) is 4.79 Å². The molecular formula is C14H17NO3. The molecule has 1 aromatic rings. The summed E-state index contributed by atoms with van der Waals surface area (Å²) in [6, 6.07) is 5.23. The third kappa shape index (κ3) is 2.37. The van der Waals surface area contributed by atoms with Crippen molar-refractivity contribution in [2.75, 3.05) is 12.4 Å². The summed E-state index contributed by atoms with van der Waals surface area (Å²) in [6.45, 7) is 3.86. The van der Waals surface area contributed by atoms with Crippen molar-refractivity contribution in [3.05, 3.63) is 29.3 Å². The molecule has 1 amide bonds. The van der Waals surface area contributed by atoms with Crippen LogP contribution in [-0.4, -0.2) is 19.0 Å². The van der Waals surface area contributed by atoms with Crippen molar-refractivity contribution in [3.63, 3.8) is 0 Å². The fourth-order valence-electron chi connectivity index (χ4n) is 2.02. The van der Waals surface area contributed by atoms with Crippen LogP contribution in [0.25, 0.3) is 0 Å². The average molecular weight is 247 g/mol. The minimum absolute atomic E-state index is 0.0348. The van der Waals surface area contributed by atoms with Gasteiger partial charge in [0.05, 0.1) is 12.7 Å². The third-order valence-electron chi connectivity index (χ3n) is 3.44. The second-order valence-corrected chi connectivity index (χ2v) is 4.78. The maximum absolute atomic E-state index is 11.9. The lowest BCUT2D eigenvalue weighted by Crippen LogP contribution is -2.16. The van der Waals surface area contributed by atoms with E-state index in [1.165, 1.54) is 7.11 Å². The Morgan fingerprint density at radius 1 is 1.39 bits per heavy atom. The van der Waals surface area contributed by atoms with Crippen molar-refractivity contribution in [3.8, 4) is 0 Å². The van der Waals surface area contributed by atoms with Gasteiger partial charge in [0.15, 0.2) is 0 Å². The standard InChI is InChI=1S/C14H17NO3/c1-8-7-11(8)13(16)15-12-6-4-5-10(9(12)2)14(17)18-3/h4-6,8,11H,7H2,1-3H3,(H,15,16)/t8-,11-/m1/s1. The van der Waals surface area contributed by atoms with E-state index in [1.54, 1.807) is 25.1 Å². The minimum atomic E-state index is -0.386. The van der Waals surface area contributed by atoms with Gasteiger partial charge < -0.3 is 10.1 Å². The maximum Gasteiger partial charge on any atom is 0.338 e. The molecule has 1 N–H and O–H groups in total. The molecule has 4 nitrogen and oxygen atoms in total. The van der Waals surface area contributed by atoms with Crippen LogP contribution in [0.5, 0.6) is 0 Å². The van der Waals surface area contributed by atoms with Crippen LogP contribution < -0.4 is 5.32 Å². The lowest BCUT2D eigenvalue weighted by Gasteiger charge is -2.11. The van der Waals surface area contributed by atoms with Gasteiger partial charge in [0.2, 0.25) is 5.91 Å². The summed E-state index contributed by atoms with van der Waals surface area (Å²) in [6.07, 6.45) is 0.946. The molecule has 0 saturated heterocycles. The van der Waals surface area contributed by atoms with Crippen LogP contribution >= 0.6 is 0 Å². The predicted octanol–water partition coefficient (Wildman–Crippen LogP) is 2.38. The average Bonchev–Trinajstić information content (AvgIpc) is 3.08. The summed E-state index contributed by atoms with van der Waals surface area (Å²) in [5.41, 5.74) is 1.91. The van der Waals surface area contributed by atoms with Gasteiger partial charge in [-0.15, -0.1) is 0 Å². The van der Waals surface area contributed by atoms with Crippen LogP contribution in [0.4, 0.5) is 5.69 Å². The molecule has 2 atom stereocenters. The van der Waals surface area contributed by atoms with Crippen molar-refractivity contribution >= 4 is 17.6 Å². The monoisotopic (exact) mass is 247 g/mol. The molecule has 0 aliphatic heterocycles. The first-order valence-corrected chi connectivity index (χ1v) is 6.03. The Kier molecular flexibility index (Phi) is 3.36. The summed E-state index contributed by atoms with van der Waals surface area (Å²) >= 11 is 0. The van der Waals surface area contributed by atoms with Crippen LogP contribution in [-0.2, 0) is 9.53 Å². The predicted molar refractivity (Wildman–Crippen MR) is 68.4 cm³/mol. The van der Waals surface area contributed by atoms with Crippen LogP contribution in [0, 0.1) is 18.8 Å². The lowest BCUT2D eigenvalue weighted by atomic mass is 10.1. The van der Waals surface area contributed by atoms with E-state index >= 15 is 0 Å². The Balaban J connectivity index is 2.18.